The topological polar surface area (TPSA) is 84.8 Å². The van der Waals surface area contributed by atoms with Crippen LogP contribution in [0.25, 0.3) is 5.57 Å². The molecular formula is C18H14ClN2NaO3. The van der Waals surface area contributed by atoms with Crippen LogP contribution < -0.4 is 40.0 Å². The van der Waals surface area contributed by atoms with Gasteiger partial charge in [-0.15, -0.1) is 0 Å². The van der Waals surface area contributed by atoms with Crippen LogP contribution in [0.15, 0.2) is 59.6 Å². The number of halogens is 1. The number of benzene rings is 2. The summed E-state index contributed by atoms with van der Waals surface area (Å²) in [6, 6.07) is 13.2. The van der Waals surface area contributed by atoms with Crippen molar-refractivity contribution >= 4 is 40.4 Å². The minimum absolute atomic E-state index is 0. The molecule has 1 heterocycles. The molecule has 3 rings (SSSR count). The monoisotopic (exact) mass is 364 g/mol. The third-order valence-corrected chi connectivity index (χ3v) is 3.91. The molecule has 1 atom stereocenters. The van der Waals surface area contributed by atoms with Crippen molar-refractivity contribution < 1.29 is 44.6 Å². The normalized spacial score (nSPS) is 18.0. The summed E-state index contributed by atoms with van der Waals surface area (Å²) < 4.78 is 0. The average molecular weight is 365 g/mol. The van der Waals surface area contributed by atoms with Gasteiger partial charge in [0, 0.05) is 22.7 Å². The maximum Gasteiger partial charge on any atom is 1.00 e. The van der Waals surface area contributed by atoms with E-state index in [4.69, 9.17) is 11.6 Å². The first-order valence-electron chi connectivity index (χ1n) is 7.33. The molecule has 1 aliphatic rings. The van der Waals surface area contributed by atoms with E-state index < -0.39 is 17.9 Å². The molecule has 0 aliphatic carbocycles. The SMILES string of the molecule is O=C(O)C1C/C(=C\C([O-])=Nc2ccccc2)c2ccc(Cl)cc2N1.[Na+]. The molecule has 7 heteroatoms. The third kappa shape index (κ3) is 4.86. The Hall–Kier alpha value is -1.79. The Morgan fingerprint density at radius 3 is 2.68 bits per heavy atom. The van der Waals surface area contributed by atoms with Crippen LogP contribution in [0.3, 0.4) is 0 Å². The van der Waals surface area contributed by atoms with Crippen molar-refractivity contribution in [3.63, 3.8) is 0 Å². The first-order chi connectivity index (χ1) is 11.5. The predicted octanol–water partition coefficient (Wildman–Crippen LogP) is 0.0867. The van der Waals surface area contributed by atoms with Gasteiger partial charge in [0.2, 0.25) is 0 Å². The number of carbonyl (C=O) groups is 1. The van der Waals surface area contributed by atoms with Crippen molar-refractivity contribution in [1.82, 2.24) is 0 Å². The molecule has 0 radical (unpaired) electrons. The number of nitrogens with zero attached hydrogens (tertiary/aromatic N) is 1. The molecule has 0 fully saturated rings. The summed E-state index contributed by atoms with van der Waals surface area (Å²) in [4.78, 5) is 15.3. The summed E-state index contributed by atoms with van der Waals surface area (Å²) in [7, 11) is 0. The van der Waals surface area contributed by atoms with E-state index in [1.165, 1.54) is 6.08 Å². The van der Waals surface area contributed by atoms with Crippen molar-refractivity contribution in [3.8, 4) is 0 Å². The zero-order valence-corrected chi connectivity index (χ0v) is 16.3. The number of para-hydroxylation sites is 1. The van der Waals surface area contributed by atoms with Crippen LogP contribution in [0.5, 0.6) is 0 Å². The smallest absolute Gasteiger partial charge is 0.859 e. The van der Waals surface area contributed by atoms with Gasteiger partial charge in [-0.2, -0.15) is 0 Å². The molecule has 0 bridgehead atoms. The minimum atomic E-state index is -0.987. The van der Waals surface area contributed by atoms with E-state index in [9.17, 15) is 15.0 Å². The molecule has 2 aromatic carbocycles. The second kappa shape index (κ2) is 8.54. The molecule has 122 valence electrons. The maximum atomic E-state index is 12.2. The quantitative estimate of drug-likeness (QED) is 0.459. The molecule has 25 heavy (non-hydrogen) atoms. The Kier molecular flexibility index (Phi) is 6.67. The fourth-order valence-electron chi connectivity index (χ4n) is 2.58. The van der Waals surface area contributed by atoms with Gasteiger partial charge in [-0.3, -0.25) is 4.99 Å². The number of aliphatic imine (C=N–C) groups is 1. The third-order valence-electron chi connectivity index (χ3n) is 3.67. The molecule has 1 aliphatic heterocycles. The number of carboxylic acid groups (broad SMARTS) is 1. The molecule has 0 aromatic heterocycles. The van der Waals surface area contributed by atoms with Crippen LogP contribution in [0.4, 0.5) is 11.4 Å². The Morgan fingerprint density at radius 1 is 1.28 bits per heavy atom. The van der Waals surface area contributed by atoms with E-state index in [1.807, 2.05) is 6.07 Å². The van der Waals surface area contributed by atoms with Gasteiger partial charge < -0.3 is 15.5 Å². The Labute approximate surface area is 172 Å². The van der Waals surface area contributed by atoms with Gasteiger partial charge in [0.15, 0.2) is 0 Å². The van der Waals surface area contributed by atoms with Crippen molar-refractivity contribution in [2.75, 3.05) is 5.32 Å². The summed E-state index contributed by atoms with van der Waals surface area (Å²) in [5.41, 5.74) is 2.53. The molecule has 5 nitrogen and oxygen atoms in total. The maximum absolute atomic E-state index is 12.2. The molecule has 1 unspecified atom stereocenters. The number of aliphatic carboxylic acids is 1. The van der Waals surface area contributed by atoms with Crippen LogP contribution in [0.2, 0.25) is 5.02 Å². The van der Waals surface area contributed by atoms with Gasteiger partial charge in [0.05, 0.1) is 5.69 Å². The molecule has 0 saturated carbocycles. The van der Waals surface area contributed by atoms with E-state index in [-0.39, 0.29) is 36.0 Å². The first kappa shape index (κ1) is 19.5. The zero-order valence-electron chi connectivity index (χ0n) is 13.6. The number of fused-ring (bicyclic) bond motifs is 1. The van der Waals surface area contributed by atoms with Crippen LogP contribution in [0, 0.1) is 0 Å². The van der Waals surface area contributed by atoms with E-state index in [0.29, 0.717) is 22.0 Å². The van der Waals surface area contributed by atoms with Gasteiger partial charge in [-0.05, 0) is 41.8 Å². The molecule has 0 spiro atoms. The van der Waals surface area contributed by atoms with Gasteiger partial charge >= 0.3 is 35.5 Å². The fraction of sp³-hybridized carbons (Fsp3) is 0.111. The second-order valence-corrected chi connectivity index (χ2v) is 5.82. The van der Waals surface area contributed by atoms with Crippen LogP contribution in [-0.4, -0.2) is 23.0 Å². The number of anilines is 1. The van der Waals surface area contributed by atoms with Gasteiger partial charge in [0.25, 0.3) is 0 Å². The summed E-state index contributed by atoms with van der Waals surface area (Å²) >= 11 is 5.97. The van der Waals surface area contributed by atoms with E-state index in [0.717, 1.165) is 5.56 Å². The summed E-state index contributed by atoms with van der Waals surface area (Å²) in [5.74, 6) is -1.41. The summed E-state index contributed by atoms with van der Waals surface area (Å²) in [6.45, 7) is 0. The largest absolute Gasteiger partial charge is 1.00 e. The minimum Gasteiger partial charge on any atom is -0.859 e. The second-order valence-electron chi connectivity index (χ2n) is 5.38. The Balaban J connectivity index is 0.00000225. The van der Waals surface area contributed by atoms with Crippen molar-refractivity contribution in [2.24, 2.45) is 4.99 Å². The standard InChI is InChI=1S/C18H15ClN2O3.Na/c19-12-6-7-14-11(8-16(18(23)24)21-15(14)10-12)9-17(22)20-13-4-2-1-3-5-13;/h1-7,9-10,16,21H,8H2,(H,20,22)(H,23,24);/q;+1/p-1/b11-9+;. The molecule has 0 saturated heterocycles. The number of nitrogens with one attached hydrogen (secondary N) is 1. The number of rotatable bonds is 3. The predicted molar refractivity (Wildman–Crippen MR) is 92.6 cm³/mol. The van der Waals surface area contributed by atoms with Gasteiger partial charge in [-0.1, -0.05) is 35.9 Å². The van der Waals surface area contributed by atoms with Crippen molar-refractivity contribution in [2.45, 2.75) is 12.5 Å². The first-order valence-corrected chi connectivity index (χ1v) is 7.71. The Morgan fingerprint density at radius 2 is 2.00 bits per heavy atom. The molecule has 2 N–H and O–H groups in total. The zero-order chi connectivity index (χ0) is 17.1. The van der Waals surface area contributed by atoms with E-state index >= 15 is 0 Å². The number of carboxylic acids is 1. The number of hydrogen-bond donors (Lipinski definition) is 2. The summed E-state index contributed by atoms with van der Waals surface area (Å²) in [6.07, 6.45) is 1.58. The van der Waals surface area contributed by atoms with E-state index in [1.54, 1.807) is 42.5 Å². The van der Waals surface area contributed by atoms with Crippen LogP contribution in [0.1, 0.15) is 12.0 Å². The molecule has 0 amide bonds. The van der Waals surface area contributed by atoms with Crippen molar-refractivity contribution in [3.05, 3.63) is 65.2 Å². The summed E-state index contributed by atoms with van der Waals surface area (Å²) in [5, 5.41) is 24.9. The number of hydrogen-bond acceptors (Lipinski definition) is 4. The molecular weight excluding hydrogens is 351 g/mol. The van der Waals surface area contributed by atoms with Crippen LogP contribution >= 0.6 is 11.6 Å². The van der Waals surface area contributed by atoms with Gasteiger partial charge in [-0.25, -0.2) is 4.79 Å². The average Bonchev–Trinajstić information content (AvgIpc) is 2.55. The Bertz CT molecular complexity index is 837. The fourth-order valence-corrected chi connectivity index (χ4v) is 2.75. The van der Waals surface area contributed by atoms with Gasteiger partial charge in [0.1, 0.15) is 6.04 Å². The van der Waals surface area contributed by atoms with E-state index in [2.05, 4.69) is 10.3 Å². The molecule has 2 aromatic rings. The van der Waals surface area contributed by atoms with Crippen molar-refractivity contribution in [1.29, 1.82) is 0 Å². The van der Waals surface area contributed by atoms with Crippen LogP contribution in [-0.2, 0) is 4.79 Å².